The molecule has 5 heteroatoms. The van der Waals surface area contributed by atoms with Crippen LogP contribution in [-0.2, 0) is 13.0 Å². The summed E-state index contributed by atoms with van der Waals surface area (Å²) >= 11 is 9.42. The van der Waals surface area contributed by atoms with Gasteiger partial charge in [0.2, 0.25) is 0 Å². The fourth-order valence-corrected chi connectivity index (χ4v) is 4.00. The third-order valence-electron chi connectivity index (χ3n) is 3.48. The maximum Gasteiger partial charge on any atom is 0.140 e. The Kier molecular flexibility index (Phi) is 4.57. The van der Waals surface area contributed by atoms with Gasteiger partial charge in [0.05, 0.1) is 10.9 Å². The van der Waals surface area contributed by atoms with E-state index in [0.29, 0.717) is 0 Å². The molecule has 0 aromatic carbocycles. The Morgan fingerprint density at radius 2 is 2.19 bits per heavy atom. The largest absolute Gasteiger partial charge is 0.324 e. The Hall–Kier alpha value is -0.970. The van der Waals surface area contributed by atoms with Gasteiger partial charge in [0.25, 0.3) is 0 Å². The van der Waals surface area contributed by atoms with Crippen molar-refractivity contribution in [2.45, 2.75) is 31.2 Å². The Labute approximate surface area is 138 Å². The first kappa shape index (κ1) is 14.9. The van der Waals surface area contributed by atoms with Crippen LogP contribution < -0.4 is 0 Å². The number of nitrogens with zero attached hydrogens (tertiary/aromatic N) is 2. The first-order valence-corrected chi connectivity index (χ1v) is 9.39. The number of fused-ring (bicyclic) bond motifs is 1. The average Bonchev–Trinajstić information content (AvgIpc) is 3.04. The van der Waals surface area contributed by atoms with E-state index in [0.717, 1.165) is 29.4 Å². The molecule has 3 aromatic rings. The zero-order chi connectivity index (χ0) is 14.8. The molecule has 2 nitrogen and oxygen atoms in total. The predicted molar refractivity (Wildman–Crippen MR) is 93.9 cm³/mol. The number of hydrogen-bond acceptors (Lipinski definition) is 3. The first-order valence-electron chi connectivity index (χ1n) is 6.97. The fourth-order valence-electron chi connectivity index (χ4n) is 2.52. The van der Waals surface area contributed by atoms with Crippen molar-refractivity contribution in [3.63, 3.8) is 0 Å². The molecular weight excluding hydrogens is 320 g/mol. The highest BCUT2D eigenvalue weighted by Crippen LogP contribution is 2.27. The second-order valence-electron chi connectivity index (χ2n) is 4.97. The van der Waals surface area contributed by atoms with E-state index in [1.54, 1.807) is 23.1 Å². The van der Waals surface area contributed by atoms with E-state index in [2.05, 4.69) is 40.9 Å². The molecule has 3 aromatic heterocycles. The molecule has 0 aliphatic carbocycles. The number of thiophene rings is 1. The predicted octanol–water partition coefficient (Wildman–Crippen LogP) is 5.47. The zero-order valence-corrected chi connectivity index (χ0v) is 14.5. The molecule has 0 spiro atoms. The highest BCUT2D eigenvalue weighted by Gasteiger charge is 2.11. The van der Waals surface area contributed by atoms with E-state index >= 15 is 0 Å². The van der Waals surface area contributed by atoms with Crippen LogP contribution in [0.5, 0.6) is 0 Å². The minimum absolute atomic E-state index is 0.844. The molecular formula is C16H17ClN2S2. The Balaban J connectivity index is 2.06. The second-order valence-corrected chi connectivity index (χ2v) is 7.64. The van der Waals surface area contributed by atoms with Gasteiger partial charge in [0, 0.05) is 27.0 Å². The number of rotatable bonds is 5. The van der Waals surface area contributed by atoms with Gasteiger partial charge in [0.1, 0.15) is 5.65 Å². The summed E-state index contributed by atoms with van der Waals surface area (Å²) in [6.45, 7) is 3.06. The van der Waals surface area contributed by atoms with Gasteiger partial charge < -0.3 is 4.57 Å². The van der Waals surface area contributed by atoms with Crippen molar-refractivity contribution < 1.29 is 0 Å². The van der Waals surface area contributed by atoms with Crippen molar-refractivity contribution in [1.29, 1.82) is 0 Å². The zero-order valence-electron chi connectivity index (χ0n) is 12.1. The monoisotopic (exact) mass is 336 g/mol. The maximum atomic E-state index is 6.05. The molecule has 0 radical (unpaired) electrons. The molecule has 0 aliphatic rings. The smallest absolute Gasteiger partial charge is 0.140 e. The molecule has 0 unspecified atom stereocenters. The van der Waals surface area contributed by atoms with Crippen LogP contribution in [0.1, 0.15) is 23.9 Å². The molecule has 3 heterocycles. The van der Waals surface area contributed by atoms with Crippen molar-refractivity contribution in [3.8, 4) is 0 Å². The molecule has 0 saturated carbocycles. The topological polar surface area (TPSA) is 17.8 Å². The number of halogens is 1. The van der Waals surface area contributed by atoms with E-state index in [-0.39, 0.29) is 0 Å². The summed E-state index contributed by atoms with van der Waals surface area (Å²) in [4.78, 5) is 7.15. The number of aryl methyl sites for hydroxylation is 1. The highest BCUT2D eigenvalue weighted by atomic mass is 35.5. The molecule has 0 N–H and O–H groups in total. The second kappa shape index (κ2) is 6.42. The number of hydrogen-bond donors (Lipinski definition) is 0. The van der Waals surface area contributed by atoms with Crippen molar-refractivity contribution in [2.75, 3.05) is 6.26 Å². The van der Waals surface area contributed by atoms with E-state index in [1.165, 1.54) is 20.9 Å². The Morgan fingerprint density at radius 1 is 1.33 bits per heavy atom. The molecule has 0 amide bonds. The van der Waals surface area contributed by atoms with E-state index in [4.69, 9.17) is 11.6 Å². The summed E-state index contributed by atoms with van der Waals surface area (Å²) in [5.41, 5.74) is 2.42. The van der Waals surface area contributed by atoms with Gasteiger partial charge in [-0.3, -0.25) is 0 Å². The van der Waals surface area contributed by atoms with Crippen LogP contribution in [0, 0.1) is 0 Å². The van der Waals surface area contributed by atoms with Gasteiger partial charge in [-0.2, -0.15) is 0 Å². The van der Waals surface area contributed by atoms with Crippen molar-refractivity contribution in [3.05, 3.63) is 45.4 Å². The summed E-state index contributed by atoms with van der Waals surface area (Å²) in [5, 5.41) is 1.23. The standard InChI is InChI=1S/C16H17ClN2S2/c1-3-4-12-7-11-8-14(20-2)9-18-16(11)19(12)10-13-5-6-15(17)21-13/h5-9H,3-4,10H2,1-2H3. The van der Waals surface area contributed by atoms with Gasteiger partial charge >= 0.3 is 0 Å². The highest BCUT2D eigenvalue weighted by molar-refractivity contribution is 7.98. The van der Waals surface area contributed by atoms with Crippen molar-refractivity contribution in [1.82, 2.24) is 9.55 Å². The minimum Gasteiger partial charge on any atom is -0.324 e. The van der Waals surface area contributed by atoms with Gasteiger partial charge in [-0.15, -0.1) is 23.1 Å². The molecule has 0 aliphatic heterocycles. The van der Waals surface area contributed by atoms with Crippen LogP contribution in [-0.4, -0.2) is 15.8 Å². The minimum atomic E-state index is 0.844. The van der Waals surface area contributed by atoms with Crippen molar-refractivity contribution in [2.24, 2.45) is 0 Å². The average molecular weight is 337 g/mol. The summed E-state index contributed by atoms with van der Waals surface area (Å²) in [5.74, 6) is 0. The maximum absolute atomic E-state index is 6.05. The van der Waals surface area contributed by atoms with Crippen molar-refractivity contribution >= 4 is 45.7 Å². The van der Waals surface area contributed by atoms with Crippen LogP contribution in [0.15, 0.2) is 35.4 Å². The summed E-state index contributed by atoms with van der Waals surface area (Å²) in [6, 6.07) is 8.57. The molecule has 0 atom stereocenters. The lowest BCUT2D eigenvalue weighted by Gasteiger charge is -2.08. The van der Waals surface area contributed by atoms with Gasteiger partial charge in [-0.05, 0) is 36.9 Å². The van der Waals surface area contributed by atoms with Crippen LogP contribution in [0.2, 0.25) is 4.34 Å². The summed E-state index contributed by atoms with van der Waals surface area (Å²) in [7, 11) is 0. The van der Waals surface area contributed by atoms with E-state index in [9.17, 15) is 0 Å². The number of thioether (sulfide) groups is 1. The molecule has 0 bridgehead atoms. The van der Waals surface area contributed by atoms with Crippen LogP contribution in [0.3, 0.4) is 0 Å². The Morgan fingerprint density at radius 3 is 2.86 bits per heavy atom. The Bertz CT molecular complexity index is 761. The van der Waals surface area contributed by atoms with Gasteiger partial charge in [-0.25, -0.2) is 4.98 Å². The summed E-state index contributed by atoms with van der Waals surface area (Å²) in [6.07, 6.45) is 6.25. The fraction of sp³-hybridized carbons (Fsp3) is 0.312. The number of pyridine rings is 1. The van der Waals surface area contributed by atoms with E-state index < -0.39 is 0 Å². The summed E-state index contributed by atoms with van der Waals surface area (Å²) < 4.78 is 3.17. The molecule has 0 saturated heterocycles. The third kappa shape index (κ3) is 3.12. The lowest BCUT2D eigenvalue weighted by Crippen LogP contribution is -2.03. The molecule has 3 rings (SSSR count). The number of aromatic nitrogens is 2. The molecule has 21 heavy (non-hydrogen) atoms. The SMILES string of the molecule is CCCc1cc2cc(SC)cnc2n1Cc1ccc(Cl)s1. The lowest BCUT2D eigenvalue weighted by molar-refractivity contribution is 0.746. The molecule has 0 fully saturated rings. The van der Waals surface area contributed by atoms with E-state index in [1.807, 2.05) is 12.3 Å². The van der Waals surface area contributed by atoms with Gasteiger partial charge in [0.15, 0.2) is 0 Å². The normalized spacial score (nSPS) is 11.4. The third-order valence-corrected chi connectivity index (χ3v) is 5.39. The van der Waals surface area contributed by atoms with Crippen LogP contribution in [0.25, 0.3) is 11.0 Å². The van der Waals surface area contributed by atoms with Gasteiger partial charge in [-0.1, -0.05) is 24.9 Å². The van der Waals surface area contributed by atoms with Crippen LogP contribution >= 0.6 is 34.7 Å². The quantitative estimate of drug-likeness (QED) is 0.574. The lowest BCUT2D eigenvalue weighted by atomic mass is 10.2. The van der Waals surface area contributed by atoms with Crippen LogP contribution in [0.4, 0.5) is 0 Å². The first-order chi connectivity index (χ1) is 10.2. The molecule has 110 valence electrons.